The molecule has 0 aliphatic carbocycles. The molecule has 0 spiro atoms. The molecule has 0 fully saturated rings. The molecule has 0 saturated carbocycles. The summed E-state index contributed by atoms with van der Waals surface area (Å²) in [5.41, 5.74) is 9.77. The van der Waals surface area contributed by atoms with E-state index in [0.29, 0.717) is 0 Å². The summed E-state index contributed by atoms with van der Waals surface area (Å²) in [6, 6.07) is 11.9. The van der Waals surface area contributed by atoms with E-state index in [-0.39, 0.29) is 0 Å². The van der Waals surface area contributed by atoms with Gasteiger partial charge in [0.25, 0.3) is 0 Å². The average Bonchev–Trinajstić information content (AvgIpc) is 2.28. The lowest BCUT2D eigenvalue weighted by molar-refractivity contribution is 1.42. The van der Waals surface area contributed by atoms with E-state index in [0.717, 1.165) is 31.6 Å². The zero-order valence-corrected chi connectivity index (χ0v) is 12.5. The Hall–Kier alpha value is -1.000. The van der Waals surface area contributed by atoms with Gasteiger partial charge in [0, 0.05) is 20.3 Å². The lowest BCUT2D eigenvalue weighted by Crippen LogP contribution is -1.97. The average molecular weight is 356 g/mol. The molecular formula is C13H12Br2N2. The fourth-order valence-electron chi connectivity index (χ4n) is 1.52. The van der Waals surface area contributed by atoms with Crippen molar-refractivity contribution in [3.8, 4) is 0 Å². The molecule has 0 radical (unpaired) electrons. The number of halogens is 2. The Kier molecular flexibility index (Phi) is 3.74. The molecule has 3 N–H and O–H groups in total. The van der Waals surface area contributed by atoms with Crippen LogP contribution in [0.15, 0.2) is 45.3 Å². The van der Waals surface area contributed by atoms with Gasteiger partial charge in [-0.2, -0.15) is 0 Å². The van der Waals surface area contributed by atoms with E-state index < -0.39 is 0 Å². The van der Waals surface area contributed by atoms with Crippen molar-refractivity contribution in [2.75, 3.05) is 11.1 Å². The van der Waals surface area contributed by atoms with Crippen LogP contribution in [-0.4, -0.2) is 0 Å². The zero-order valence-electron chi connectivity index (χ0n) is 9.30. The van der Waals surface area contributed by atoms with Crippen molar-refractivity contribution in [1.82, 2.24) is 0 Å². The minimum atomic E-state index is 0.795. The van der Waals surface area contributed by atoms with Crippen LogP contribution in [0.3, 0.4) is 0 Å². The molecule has 0 saturated heterocycles. The van der Waals surface area contributed by atoms with E-state index in [1.54, 1.807) is 0 Å². The molecule has 0 bridgehead atoms. The van der Waals surface area contributed by atoms with Gasteiger partial charge in [-0.25, -0.2) is 0 Å². The number of nitrogens with one attached hydrogen (secondary N) is 1. The van der Waals surface area contributed by atoms with E-state index in [1.807, 2.05) is 43.3 Å². The summed E-state index contributed by atoms with van der Waals surface area (Å²) in [7, 11) is 0. The summed E-state index contributed by atoms with van der Waals surface area (Å²) < 4.78 is 2.05. The second kappa shape index (κ2) is 5.10. The third kappa shape index (κ3) is 2.82. The molecule has 0 unspecified atom stereocenters. The van der Waals surface area contributed by atoms with Crippen molar-refractivity contribution < 1.29 is 0 Å². The molecule has 0 aromatic heterocycles. The van der Waals surface area contributed by atoms with Crippen LogP contribution in [0.5, 0.6) is 0 Å². The molecule has 0 aliphatic heterocycles. The van der Waals surface area contributed by atoms with Crippen LogP contribution >= 0.6 is 31.9 Å². The smallest absolute Gasteiger partial charge is 0.0529 e. The fourth-order valence-corrected chi connectivity index (χ4v) is 2.67. The monoisotopic (exact) mass is 354 g/mol. The first-order valence-corrected chi connectivity index (χ1v) is 6.73. The summed E-state index contributed by atoms with van der Waals surface area (Å²) >= 11 is 6.95. The van der Waals surface area contributed by atoms with Crippen LogP contribution < -0.4 is 11.1 Å². The predicted molar refractivity (Wildman–Crippen MR) is 80.7 cm³/mol. The van der Waals surface area contributed by atoms with Crippen LogP contribution in [0.4, 0.5) is 17.1 Å². The number of benzene rings is 2. The highest BCUT2D eigenvalue weighted by Crippen LogP contribution is 2.31. The van der Waals surface area contributed by atoms with Gasteiger partial charge in [0.1, 0.15) is 0 Å². The van der Waals surface area contributed by atoms with Crippen LogP contribution in [0, 0.1) is 6.92 Å². The molecule has 2 aromatic rings. The Morgan fingerprint density at radius 1 is 1.06 bits per heavy atom. The van der Waals surface area contributed by atoms with Gasteiger partial charge in [-0.1, -0.05) is 22.0 Å². The summed E-state index contributed by atoms with van der Waals surface area (Å²) in [6.07, 6.45) is 0. The first-order chi connectivity index (χ1) is 8.08. The largest absolute Gasteiger partial charge is 0.398 e. The Balaban J connectivity index is 2.35. The van der Waals surface area contributed by atoms with Crippen molar-refractivity contribution in [2.24, 2.45) is 0 Å². The highest BCUT2D eigenvalue weighted by atomic mass is 79.9. The van der Waals surface area contributed by atoms with E-state index in [1.165, 1.54) is 0 Å². The lowest BCUT2D eigenvalue weighted by atomic mass is 10.1. The topological polar surface area (TPSA) is 38.0 Å². The van der Waals surface area contributed by atoms with Crippen molar-refractivity contribution >= 4 is 48.9 Å². The SMILES string of the molecule is Cc1c(N)cccc1Nc1ccc(Br)cc1Br. The number of hydrogen-bond donors (Lipinski definition) is 2. The van der Waals surface area contributed by atoms with E-state index in [2.05, 4.69) is 37.2 Å². The molecule has 88 valence electrons. The summed E-state index contributed by atoms with van der Waals surface area (Å²) in [4.78, 5) is 0. The third-order valence-corrected chi connectivity index (χ3v) is 3.73. The van der Waals surface area contributed by atoms with Gasteiger partial charge >= 0.3 is 0 Å². The number of nitrogen functional groups attached to an aromatic ring is 1. The van der Waals surface area contributed by atoms with Crippen molar-refractivity contribution in [3.63, 3.8) is 0 Å². The van der Waals surface area contributed by atoms with Gasteiger partial charge in [0.05, 0.1) is 5.69 Å². The highest BCUT2D eigenvalue weighted by Gasteiger charge is 2.04. The minimum Gasteiger partial charge on any atom is -0.398 e. The number of hydrogen-bond acceptors (Lipinski definition) is 2. The van der Waals surface area contributed by atoms with E-state index in [4.69, 9.17) is 5.73 Å². The number of rotatable bonds is 2. The molecule has 0 aliphatic rings. The Morgan fingerprint density at radius 2 is 1.82 bits per heavy atom. The first kappa shape index (κ1) is 12.5. The van der Waals surface area contributed by atoms with Crippen molar-refractivity contribution in [3.05, 3.63) is 50.9 Å². The standard InChI is InChI=1S/C13H12Br2N2/c1-8-11(16)3-2-4-12(8)17-13-6-5-9(14)7-10(13)15/h2-7,17H,16H2,1H3. The van der Waals surface area contributed by atoms with E-state index in [9.17, 15) is 0 Å². The fraction of sp³-hybridized carbons (Fsp3) is 0.0769. The number of anilines is 3. The van der Waals surface area contributed by atoms with Crippen molar-refractivity contribution in [1.29, 1.82) is 0 Å². The van der Waals surface area contributed by atoms with Gasteiger partial charge in [-0.05, 0) is 58.7 Å². The lowest BCUT2D eigenvalue weighted by Gasteiger charge is -2.12. The maximum Gasteiger partial charge on any atom is 0.0529 e. The zero-order chi connectivity index (χ0) is 12.4. The normalized spacial score (nSPS) is 10.3. The van der Waals surface area contributed by atoms with Crippen LogP contribution in [-0.2, 0) is 0 Å². The molecule has 4 heteroatoms. The van der Waals surface area contributed by atoms with Gasteiger partial charge < -0.3 is 11.1 Å². The highest BCUT2D eigenvalue weighted by molar-refractivity contribution is 9.11. The van der Waals surface area contributed by atoms with Gasteiger partial charge in [0.15, 0.2) is 0 Å². The second-order valence-corrected chi connectivity index (χ2v) is 5.54. The Bertz CT molecular complexity index is 553. The first-order valence-electron chi connectivity index (χ1n) is 5.15. The molecule has 17 heavy (non-hydrogen) atoms. The molecular weight excluding hydrogens is 344 g/mol. The summed E-state index contributed by atoms with van der Waals surface area (Å²) in [5.74, 6) is 0. The van der Waals surface area contributed by atoms with Crippen LogP contribution in [0.2, 0.25) is 0 Å². The van der Waals surface area contributed by atoms with Gasteiger partial charge in [-0.3, -0.25) is 0 Å². The van der Waals surface area contributed by atoms with Crippen LogP contribution in [0.1, 0.15) is 5.56 Å². The Labute approximate surface area is 117 Å². The summed E-state index contributed by atoms with van der Waals surface area (Å²) in [6.45, 7) is 2.00. The molecule has 2 nitrogen and oxygen atoms in total. The molecule has 0 atom stereocenters. The Morgan fingerprint density at radius 3 is 2.53 bits per heavy atom. The van der Waals surface area contributed by atoms with Gasteiger partial charge in [0.2, 0.25) is 0 Å². The molecule has 2 rings (SSSR count). The molecule has 0 amide bonds. The maximum atomic E-state index is 5.88. The van der Waals surface area contributed by atoms with Crippen molar-refractivity contribution in [2.45, 2.75) is 6.92 Å². The quantitative estimate of drug-likeness (QED) is 0.756. The molecule has 0 heterocycles. The minimum absolute atomic E-state index is 0.795. The van der Waals surface area contributed by atoms with Gasteiger partial charge in [-0.15, -0.1) is 0 Å². The maximum absolute atomic E-state index is 5.88. The van der Waals surface area contributed by atoms with E-state index >= 15 is 0 Å². The van der Waals surface area contributed by atoms with Crippen LogP contribution in [0.25, 0.3) is 0 Å². The molecule has 2 aromatic carbocycles. The summed E-state index contributed by atoms with van der Waals surface area (Å²) in [5, 5.41) is 3.36. The number of nitrogens with two attached hydrogens (primary N) is 1. The second-order valence-electron chi connectivity index (χ2n) is 3.77. The predicted octanol–water partition coefficient (Wildman–Crippen LogP) is 4.85. The third-order valence-electron chi connectivity index (χ3n) is 2.58.